The molecule has 5 rings (SSSR count). The molecule has 6 nitrogen and oxygen atoms in total. The fraction of sp³-hybridized carbons (Fsp3) is 0.148. The summed E-state index contributed by atoms with van der Waals surface area (Å²) in [5, 5.41) is 4.75. The van der Waals surface area contributed by atoms with E-state index in [9.17, 15) is 4.79 Å². The SMILES string of the molecule is Cc1cccc(-n2nc(-c3c(C)nc4c(OCc5ccccc5)cccn4c3=O)cc2C)c1. The van der Waals surface area contributed by atoms with Crippen molar-refractivity contribution in [1.29, 1.82) is 0 Å². The summed E-state index contributed by atoms with van der Waals surface area (Å²) >= 11 is 0. The molecule has 0 fully saturated rings. The van der Waals surface area contributed by atoms with Crippen molar-refractivity contribution in [3.63, 3.8) is 0 Å². The Morgan fingerprint density at radius 1 is 0.909 bits per heavy atom. The maximum absolute atomic E-state index is 13.5. The summed E-state index contributed by atoms with van der Waals surface area (Å²) in [6, 6.07) is 23.6. The van der Waals surface area contributed by atoms with Gasteiger partial charge in [-0.05, 0) is 62.2 Å². The highest BCUT2D eigenvalue weighted by molar-refractivity contribution is 5.65. The van der Waals surface area contributed by atoms with Gasteiger partial charge in [-0.15, -0.1) is 0 Å². The molecule has 0 N–H and O–H groups in total. The number of benzene rings is 2. The predicted molar refractivity (Wildman–Crippen MR) is 129 cm³/mol. The summed E-state index contributed by atoms with van der Waals surface area (Å²) in [5.41, 5.74) is 6.14. The van der Waals surface area contributed by atoms with Crippen LogP contribution in [0.25, 0.3) is 22.6 Å². The van der Waals surface area contributed by atoms with E-state index >= 15 is 0 Å². The Morgan fingerprint density at radius 3 is 2.52 bits per heavy atom. The van der Waals surface area contributed by atoms with Crippen LogP contribution < -0.4 is 10.3 Å². The van der Waals surface area contributed by atoms with Crippen LogP contribution in [0.1, 0.15) is 22.5 Å². The van der Waals surface area contributed by atoms with Gasteiger partial charge in [0.15, 0.2) is 11.4 Å². The molecule has 0 saturated carbocycles. The average Bonchev–Trinajstić information content (AvgIpc) is 3.19. The lowest BCUT2D eigenvalue weighted by Gasteiger charge is -2.11. The van der Waals surface area contributed by atoms with Gasteiger partial charge < -0.3 is 4.74 Å². The Bertz CT molecular complexity index is 1520. The van der Waals surface area contributed by atoms with Gasteiger partial charge in [-0.25, -0.2) is 9.67 Å². The molecule has 3 heterocycles. The maximum atomic E-state index is 13.5. The number of aromatic nitrogens is 4. The minimum atomic E-state index is -0.170. The Hall–Kier alpha value is -4.19. The van der Waals surface area contributed by atoms with Crippen molar-refractivity contribution >= 4 is 5.65 Å². The molecule has 0 atom stereocenters. The van der Waals surface area contributed by atoms with Crippen molar-refractivity contribution < 1.29 is 4.74 Å². The Labute approximate surface area is 191 Å². The third kappa shape index (κ3) is 3.91. The number of hydrogen-bond acceptors (Lipinski definition) is 4. The van der Waals surface area contributed by atoms with Gasteiger partial charge in [0, 0.05) is 11.9 Å². The van der Waals surface area contributed by atoms with Gasteiger partial charge >= 0.3 is 0 Å². The lowest BCUT2D eigenvalue weighted by atomic mass is 10.1. The standard InChI is InChI=1S/C27H24N4O2/c1-18-9-7-12-22(15-18)31-19(2)16-23(29-31)25-20(3)28-26-24(13-8-14-30(26)27(25)32)33-17-21-10-5-4-6-11-21/h4-16H,17H2,1-3H3. The second-order valence-corrected chi connectivity index (χ2v) is 8.14. The number of fused-ring (bicyclic) bond motifs is 1. The predicted octanol–water partition coefficient (Wildman–Crippen LogP) is 5.05. The second kappa shape index (κ2) is 8.39. The monoisotopic (exact) mass is 436 g/mol. The summed E-state index contributed by atoms with van der Waals surface area (Å²) in [6.45, 7) is 6.27. The highest BCUT2D eigenvalue weighted by atomic mass is 16.5. The van der Waals surface area contributed by atoms with Crippen LogP contribution in [-0.4, -0.2) is 19.2 Å². The summed E-state index contributed by atoms with van der Waals surface area (Å²) in [4.78, 5) is 18.2. The van der Waals surface area contributed by atoms with Gasteiger partial charge in [-0.3, -0.25) is 9.20 Å². The fourth-order valence-electron chi connectivity index (χ4n) is 4.00. The topological polar surface area (TPSA) is 61.4 Å². The molecule has 2 aromatic carbocycles. The molecule has 0 bridgehead atoms. The smallest absolute Gasteiger partial charge is 0.267 e. The molecule has 0 aliphatic rings. The Balaban J connectivity index is 1.57. The number of rotatable bonds is 5. The van der Waals surface area contributed by atoms with Crippen molar-refractivity contribution in [3.8, 4) is 22.7 Å². The molecular weight excluding hydrogens is 412 g/mol. The zero-order valence-corrected chi connectivity index (χ0v) is 18.8. The number of pyridine rings is 1. The van der Waals surface area contributed by atoms with Crippen LogP contribution in [-0.2, 0) is 6.61 Å². The number of nitrogens with zero attached hydrogens (tertiary/aromatic N) is 4. The molecule has 5 aromatic rings. The highest BCUT2D eigenvalue weighted by Gasteiger charge is 2.18. The Morgan fingerprint density at radius 2 is 1.73 bits per heavy atom. The van der Waals surface area contributed by atoms with E-state index in [1.165, 1.54) is 4.40 Å². The first-order valence-electron chi connectivity index (χ1n) is 10.8. The molecule has 33 heavy (non-hydrogen) atoms. The minimum absolute atomic E-state index is 0.170. The van der Waals surface area contributed by atoms with Crippen molar-refractivity contribution in [2.45, 2.75) is 27.4 Å². The molecule has 164 valence electrons. The van der Waals surface area contributed by atoms with E-state index in [0.717, 1.165) is 22.5 Å². The molecular formula is C27H24N4O2. The molecule has 6 heteroatoms. The summed E-state index contributed by atoms with van der Waals surface area (Å²) in [7, 11) is 0. The minimum Gasteiger partial charge on any atom is -0.485 e. The van der Waals surface area contributed by atoms with E-state index in [1.807, 2.05) is 86.1 Å². The largest absolute Gasteiger partial charge is 0.485 e. The highest BCUT2D eigenvalue weighted by Crippen LogP contribution is 2.24. The van der Waals surface area contributed by atoms with Crippen molar-refractivity contribution in [3.05, 3.63) is 112 Å². The number of ether oxygens (including phenoxy) is 1. The van der Waals surface area contributed by atoms with E-state index < -0.39 is 0 Å². The van der Waals surface area contributed by atoms with Crippen LogP contribution in [0, 0.1) is 20.8 Å². The second-order valence-electron chi connectivity index (χ2n) is 8.14. The van der Waals surface area contributed by atoms with Gasteiger partial charge in [0.1, 0.15) is 12.3 Å². The van der Waals surface area contributed by atoms with Gasteiger partial charge in [0.25, 0.3) is 5.56 Å². The zero-order chi connectivity index (χ0) is 22.9. The first-order chi connectivity index (χ1) is 16.0. The van der Waals surface area contributed by atoms with Crippen LogP contribution in [0.3, 0.4) is 0 Å². The van der Waals surface area contributed by atoms with E-state index in [4.69, 9.17) is 14.8 Å². The van der Waals surface area contributed by atoms with E-state index in [1.54, 1.807) is 12.3 Å². The van der Waals surface area contributed by atoms with E-state index in [-0.39, 0.29) is 5.56 Å². The number of aryl methyl sites for hydroxylation is 3. The van der Waals surface area contributed by atoms with Crippen LogP contribution >= 0.6 is 0 Å². The van der Waals surface area contributed by atoms with Crippen LogP contribution in [0.4, 0.5) is 0 Å². The van der Waals surface area contributed by atoms with Crippen LogP contribution in [0.5, 0.6) is 5.75 Å². The molecule has 3 aromatic heterocycles. The average molecular weight is 437 g/mol. The third-order valence-corrected chi connectivity index (χ3v) is 5.63. The van der Waals surface area contributed by atoms with Gasteiger partial charge in [0.05, 0.1) is 16.9 Å². The van der Waals surface area contributed by atoms with Gasteiger partial charge in [0.2, 0.25) is 0 Å². The first-order valence-corrected chi connectivity index (χ1v) is 10.8. The summed E-state index contributed by atoms with van der Waals surface area (Å²) in [6.07, 6.45) is 1.72. The third-order valence-electron chi connectivity index (χ3n) is 5.63. The van der Waals surface area contributed by atoms with E-state index in [2.05, 4.69) is 6.07 Å². The van der Waals surface area contributed by atoms with Crippen molar-refractivity contribution in [2.24, 2.45) is 0 Å². The molecule has 0 aliphatic carbocycles. The first kappa shape index (κ1) is 20.7. The lowest BCUT2D eigenvalue weighted by molar-refractivity contribution is 0.308. The molecule has 0 spiro atoms. The molecule has 0 unspecified atom stereocenters. The molecule has 0 aliphatic heterocycles. The van der Waals surface area contributed by atoms with Crippen LogP contribution in [0.2, 0.25) is 0 Å². The van der Waals surface area contributed by atoms with Crippen molar-refractivity contribution in [1.82, 2.24) is 19.2 Å². The quantitative estimate of drug-likeness (QED) is 0.387. The van der Waals surface area contributed by atoms with Crippen molar-refractivity contribution in [2.75, 3.05) is 0 Å². The van der Waals surface area contributed by atoms with E-state index in [0.29, 0.717) is 35.0 Å². The Kier molecular flexibility index (Phi) is 5.26. The maximum Gasteiger partial charge on any atom is 0.267 e. The number of hydrogen-bond donors (Lipinski definition) is 0. The summed E-state index contributed by atoms with van der Waals surface area (Å²) in [5.74, 6) is 0.564. The normalized spacial score (nSPS) is 11.1. The van der Waals surface area contributed by atoms with Gasteiger partial charge in [-0.1, -0.05) is 42.5 Å². The zero-order valence-electron chi connectivity index (χ0n) is 18.8. The van der Waals surface area contributed by atoms with Gasteiger partial charge in [-0.2, -0.15) is 5.10 Å². The molecule has 0 saturated heterocycles. The molecule has 0 amide bonds. The lowest BCUT2D eigenvalue weighted by Crippen LogP contribution is -2.19. The summed E-state index contributed by atoms with van der Waals surface area (Å²) < 4.78 is 9.40. The molecule has 0 radical (unpaired) electrons. The fourth-order valence-corrected chi connectivity index (χ4v) is 4.00. The van der Waals surface area contributed by atoms with Crippen LogP contribution in [0.15, 0.2) is 83.8 Å².